The minimum absolute atomic E-state index is 0.0952. The number of aryl methyl sites for hydroxylation is 1. The fourth-order valence-electron chi connectivity index (χ4n) is 4.10. The van der Waals surface area contributed by atoms with Crippen LogP contribution in [0.4, 0.5) is 5.69 Å². The molecule has 6 rings (SSSR count). The molecule has 1 aliphatic rings. The Morgan fingerprint density at radius 2 is 1.89 bits per heavy atom. The van der Waals surface area contributed by atoms with Crippen LogP contribution in [0.25, 0.3) is 33.8 Å². The molecule has 0 atom stereocenters. The van der Waals surface area contributed by atoms with E-state index in [0.29, 0.717) is 52.9 Å². The quantitative estimate of drug-likeness (QED) is 0.290. The van der Waals surface area contributed by atoms with Crippen molar-refractivity contribution in [3.8, 4) is 28.6 Å². The van der Waals surface area contributed by atoms with Crippen LogP contribution in [0.3, 0.4) is 0 Å². The first-order valence-electron chi connectivity index (χ1n) is 10.9. The summed E-state index contributed by atoms with van der Waals surface area (Å²) >= 11 is 0. The first-order valence-corrected chi connectivity index (χ1v) is 10.9. The number of nitrogens with zero attached hydrogens (tertiary/aromatic N) is 6. The van der Waals surface area contributed by atoms with E-state index in [2.05, 4.69) is 15.1 Å². The van der Waals surface area contributed by atoms with Gasteiger partial charge in [-0.3, -0.25) is 19.5 Å². The van der Waals surface area contributed by atoms with Gasteiger partial charge in [-0.2, -0.15) is 9.50 Å². The maximum absolute atomic E-state index is 13.3. The van der Waals surface area contributed by atoms with Gasteiger partial charge in [0.25, 0.3) is 17.0 Å². The maximum atomic E-state index is 13.3. The third kappa shape index (κ3) is 3.44. The van der Waals surface area contributed by atoms with Crippen molar-refractivity contribution in [2.75, 3.05) is 13.2 Å². The Bertz CT molecular complexity index is 1710. The number of aromatic nitrogens is 5. The minimum atomic E-state index is -0.489. The molecule has 0 bridgehead atoms. The summed E-state index contributed by atoms with van der Waals surface area (Å²) in [4.78, 5) is 32.9. The predicted octanol–water partition coefficient (Wildman–Crippen LogP) is 3.47. The summed E-state index contributed by atoms with van der Waals surface area (Å²) in [6.45, 7) is 2.95. The molecule has 1 aliphatic heterocycles. The van der Waals surface area contributed by atoms with E-state index >= 15 is 0 Å². The molecule has 35 heavy (non-hydrogen) atoms. The Kier molecular flexibility index (Phi) is 4.69. The second kappa shape index (κ2) is 7.90. The molecular weight excluding hydrogens is 452 g/mol. The molecule has 0 saturated carbocycles. The third-order valence-corrected chi connectivity index (χ3v) is 5.90. The number of non-ortho nitro benzene ring substituents is 1. The molecule has 11 nitrogen and oxygen atoms in total. The molecule has 0 unspecified atom stereocenters. The Labute approximate surface area is 197 Å². The zero-order valence-corrected chi connectivity index (χ0v) is 18.5. The average molecular weight is 470 g/mol. The smallest absolute Gasteiger partial charge is 0.271 e. The first kappa shape index (κ1) is 20.8. The van der Waals surface area contributed by atoms with Gasteiger partial charge < -0.3 is 9.47 Å². The summed E-state index contributed by atoms with van der Waals surface area (Å²) in [6, 6.07) is 11.6. The highest BCUT2D eigenvalue weighted by Gasteiger charge is 2.17. The molecule has 3 aromatic heterocycles. The summed E-state index contributed by atoms with van der Waals surface area (Å²) in [7, 11) is 0. The number of hydrogen-bond donors (Lipinski definition) is 0. The van der Waals surface area contributed by atoms with Crippen molar-refractivity contribution < 1.29 is 14.4 Å². The molecule has 0 spiro atoms. The van der Waals surface area contributed by atoms with E-state index in [9.17, 15) is 14.9 Å². The lowest BCUT2D eigenvalue weighted by Crippen LogP contribution is -2.19. The van der Waals surface area contributed by atoms with Crippen molar-refractivity contribution in [1.29, 1.82) is 0 Å². The van der Waals surface area contributed by atoms with Gasteiger partial charge in [0.2, 0.25) is 0 Å². The van der Waals surface area contributed by atoms with Gasteiger partial charge in [-0.1, -0.05) is 6.07 Å². The molecule has 0 N–H and O–H groups in total. The number of pyridine rings is 1. The van der Waals surface area contributed by atoms with Crippen LogP contribution in [0.1, 0.15) is 12.0 Å². The zero-order valence-electron chi connectivity index (χ0n) is 18.5. The summed E-state index contributed by atoms with van der Waals surface area (Å²) < 4.78 is 14.3. The molecule has 0 amide bonds. The third-order valence-electron chi connectivity index (χ3n) is 5.90. The molecule has 174 valence electrons. The van der Waals surface area contributed by atoms with Crippen molar-refractivity contribution in [3.05, 3.63) is 80.9 Å². The van der Waals surface area contributed by atoms with Crippen LogP contribution in [-0.2, 0) is 0 Å². The van der Waals surface area contributed by atoms with Crippen LogP contribution in [0.5, 0.6) is 11.5 Å². The van der Waals surface area contributed by atoms with E-state index in [4.69, 9.17) is 9.47 Å². The van der Waals surface area contributed by atoms with Gasteiger partial charge >= 0.3 is 0 Å². The molecule has 4 heterocycles. The van der Waals surface area contributed by atoms with Gasteiger partial charge in [0.05, 0.1) is 34.7 Å². The van der Waals surface area contributed by atoms with E-state index in [1.54, 1.807) is 25.3 Å². The molecule has 5 aromatic rings. The fourth-order valence-corrected chi connectivity index (χ4v) is 4.10. The Hall–Kier alpha value is -4.80. The highest BCUT2D eigenvalue weighted by atomic mass is 16.6. The van der Waals surface area contributed by atoms with Gasteiger partial charge in [-0.05, 0) is 36.8 Å². The van der Waals surface area contributed by atoms with E-state index in [1.165, 1.54) is 27.4 Å². The number of rotatable bonds is 3. The Morgan fingerprint density at radius 3 is 2.71 bits per heavy atom. The fraction of sp³-hybridized carbons (Fsp3) is 0.167. The molecule has 2 aromatic carbocycles. The highest BCUT2D eigenvalue weighted by molar-refractivity contribution is 5.79. The Morgan fingerprint density at radius 1 is 1.06 bits per heavy atom. The van der Waals surface area contributed by atoms with Crippen molar-refractivity contribution in [2.45, 2.75) is 13.3 Å². The monoisotopic (exact) mass is 470 g/mol. The summed E-state index contributed by atoms with van der Waals surface area (Å²) in [5.41, 5.74) is 1.94. The van der Waals surface area contributed by atoms with E-state index in [-0.39, 0.29) is 11.2 Å². The number of benzene rings is 2. The van der Waals surface area contributed by atoms with Gasteiger partial charge in [-0.25, -0.2) is 4.98 Å². The average Bonchev–Trinajstić information content (AvgIpc) is 3.16. The van der Waals surface area contributed by atoms with Crippen LogP contribution in [-0.4, -0.2) is 42.3 Å². The van der Waals surface area contributed by atoms with Crippen LogP contribution in [0, 0.1) is 17.0 Å². The Balaban J connectivity index is 1.48. The first-order chi connectivity index (χ1) is 17.0. The summed E-state index contributed by atoms with van der Waals surface area (Å²) in [5, 5.41) is 16.1. The molecule has 0 aliphatic carbocycles. The minimum Gasteiger partial charge on any atom is -0.490 e. The van der Waals surface area contributed by atoms with E-state index in [1.807, 2.05) is 18.2 Å². The van der Waals surface area contributed by atoms with Gasteiger partial charge in [0.1, 0.15) is 0 Å². The van der Waals surface area contributed by atoms with Gasteiger partial charge in [-0.15, -0.1) is 5.10 Å². The van der Waals surface area contributed by atoms with E-state index in [0.717, 1.165) is 17.5 Å². The van der Waals surface area contributed by atoms with Crippen molar-refractivity contribution >= 4 is 22.4 Å². The topological polar surface area (TPSA) is 127 Å². The van der Waals surface area contributed by atoms with Crippen LogP contribution >= 0.6 is 0 Å². The van der Waals surface area contributed by atoms with Crippen LogP contribution < -0.4 is 15.0 Å². The predicted molar refractivity (Wildman–Crippen MR) is 126 cm³/mol. The summed E-state index contributed by atoms with van der Waals surface area (Å²) in [6.07, 6.45) is 3.83. The normalized spacial score (nSPS) is 13.2. The molecule has 0 radical (unpaired) electrons. The van der Waals surface area contributed by atoms with Crippen molar-refractivity contribution in [2.24, 2.45) is 0 Å². The van der Waals surface area contributed by atoms with Gasteiger partial charge in [0, 0.05) is 36.5 Å². The standard InChI is InChI=1S/C24H18N6O5/c1-14-3-5-16(30(32)33)12-19(14)28-8-7-18-17(23(28)31)13-25-24-26-22(27-29(18)24)15-4-6-20-21(11-15)35-10-2-9-34-20/h3-8,11-13H,2,9-10H2,1H3. The van der Waals surface area contributed by atoms with Crippen LogP contribution in [0.15, 0.2) is 59.7 Å². The highest BCUT2D eigenvalue weighted by Crippen LogP contribution is 2.33. The molecular formula is C24H18N6O5. The number of hydrogen-bond acceptors (Lipinski definition) is 8. The molecule has 0 saturated heterocycles. The lowest BCUT2D eigenvalue weighted by molar-refractivity contribution is -0.384. The molecule has 0 fully saturated rings. The zero-order chi connectivity index (χ0) is 24.1. The lowest BCUT2D eigenvalue weighted by Gasteiger charge is -2.10. The largest absolute Gasteiger partial charge is 0.490 e. The van der Waals surface area contributed by atoms with Gasteiger partial charge in [0.15, 0.2) is 17.3 Å². The van der Waals surface area contributed by atoms with Crippen LogP contribution in [0.2, 0.25) is 0 Å². The summed E-state index contributed by atoms with van der Waals surface area (Å²) in [5.74, 6) is 2.07. The SMILES string of the molecule is Cc1ccc([N+](=O)[O-])cc1-n1ccc2c(cnc3nc(-c4ccc5c(c4)OCCCO5)nn32)c1=O. The van der Waals surface area contributed by atoms with Crippen molar-refractivity contribution in [3.63, 3.8) is 0 Å². The molecule has 11 heteroatoms. The second-order valence-electron chi connectivity index (χ2n) is 8.14. The lowest BCUT2D eigenvalue weighted by atomic mass is 10.1. The number of ether oxygens (including phenoxy) is 2. The number of fused-ring (bicyclic) bond motifs is 4. The van der Waals surface area contributed by atoms with Crippen molar-refractivity contribution in [1.82, 2.24) is 24.1 Å². The second-order valence-corrected chi connectivity index (χ2v) is 8.14. The van der Waals surface area contributed by atoms with E-state index < -0.39 is 4.92 Å². The number of nitro groups is 1. The number of nitro benzene ring substituents is 1. The maximum Gasteiger partial charge on any atom is 0.271 e.